The van der Waals surface area contributed by atoms with E-state index in [4.69, 9.17) is 4.74 Å². The monoisotopic (exact) mass is 424 g/mol. The van der Waals surface area contributed by atoms with Crippen molar-refractivity contribution in [1.82, 2.24) is 16.0 Å². The molecule has 1 aromatic rings. The van der Waals surface area contributed by atoms with Gasteiger partial charge in [0.25, 0.3) is 0 Å². The number of nitrogens with zero attached hydrogens (tertiary/aromatic N) is 1. The molecular formula is C14H22FIN4O2. The van der Waals surface area contributed by atoms with Crippen molar-refractivity contribution < 1.29 is 13.9 Å². The zero-order valence-electron chi connectivity index (χ0n) is 12.7. The number of ether oxygens (including phenoxy) is 1. The Bertz CT molecular complexity index is 468. The summed E-state index contributed by atoms with van der Waals surface area (Å²) in [7, 11) is 3.19. The SMILES string of the molecule is CN=C(NCC(=O)NCCOC)NCc1ccc(F)cc1.I. The maximum Gasteiger partial charge on any atom is 0.239 e. The van der Waals surface area contributed by atoms with Gasteiger partial charge in [-0.15, -0.1) is 24.0 Å². The predicted octanol–water partition coefficient (Wildman–Crippen LogP) is 0.871. The molecule has 0 bridgehead atoms. The highest BCUT2D eigenvalue weighted by atomic mass is 127. The first-order valence-corrected chi connectivity index (χ1v) is 6.60. The van der Waals surface area contributed by atoms with Crippen LogP contribution in [-0.4, -0.2) is 45.7 Å². The molecule has 0 radical (unpaired) electrons. The van der Waals surface area contributed by atoms with E-state index in [0.717, 1.165) is 5.56 Å². The summed E-state index contributed by atoms with van der Waals surface area (Å²) in [5, 5.41) is 8.62. The van der Waals surface area contributed by atoms with Gasteiger partial charge in [-0.1, -0.05) is 12.1 Å². The van der Waals surface area contributed by atoms with E-state index in [-0.39, 0.29) is 42.2 Å². The van der Waals surface area contributed by atoms with Gasteiger partial charge in [0.15, 0.2) is 5.96 Å². The van der Waals surface area contributed by atoms with Crippen LogP contribution in [0.25, 0.3) is 0 Å². The average molecular weight is 424 g/mol. The van der Waals surface area contributed by atoms with Crippen LogP contribution in [-0.2, 0) is 16.1 Å². The third kappa shape index (κ3) is 8.78. The summed E-state index contributed by atoms with van der Waals surface area (Å²) in [6, 6.07) is 6.17. The van der Waals surface area contributed by atoms with E-state index in [0.29, 0.717) is 25.7 Å². The van der Waals surface area contributed by atoms with Crippen molar-refractivity contribution >= 4 is 35.8 Å². The molecule has 0 aliphatic rings. The van der Waals surface area contributed by atoms with Crippen LogP contribution < -0.4 is 16.0 Å². The number of guanidine groups is 1. The largest absolute Gasteiger partial charge is 0.383 e. The normalized spacial score (nSPS) is 10.6. The van der Waals surface area contributed by atoms with Crippen LogP contribution in [0.3, 0.4) is 0 Å². The molecule has 8 heteroatoms. The minimum Gasteiger partial charge on any atom is -0.383 e. The number of rotatable bonds is 7. The zero-order chi connectivity index (χ0) is 15.5. The molecule has 0 aliphatic heterocycles. The summed E-state index contributed by atoms with van der Waals surface area (Å²) >= 11 is 0. The fourth-order valence-electron chi connectivity index (χ4n) is 1.53. The van der Waals surface area contributed by atoms with Crippen LogP contribution >= 0.6 is 24.0 Å². The van der Waals surface area contributed by atoms with Crippen LogP contribution in [0.1, 0.15) is 5.56 Å². The Kier molecular flexibility index (Phi) is 11.4. The lowest BCUT2D eigenvalue weighted by molar-refractivity contribution is -0.120. The van der Waals surface area contributed by atoms with Crippen LogP contribution in [0.2, 0.25) is 0 Å². The fourth-order valence-corrected chi connectivity index (χ4v) is 1.53. The van der Waals surface area contributed by atoms with Crippen LogP contribution in [0.5, 0.6) is 0 Å². The molecule has 0 fully saturated rings. The van der Waals surface area contributed by atoms with Gasteiger partial charge in [-0.2, -0.15) is 0 Å². The van der Waals surface area contributed by atoms with Gasteiger partial charge in [0.2, 0.25) is 5.91 Å². The molecule has 0 spiro atoms. The molecule has 0 aliphatic carbocycles. The molecule has 0 unspecified atom stereocenters. The van der Waals surface area contributed by atoms with Gasteiger partial charge in [0.05, 0.1) is 13.2 Å². The number of hydrogen-bond acceptors (Lipinski definition) is 3. The molecule has 22 heavy (non-hydrogen) atoms. The highest BCUT2D eigenvalue weighted by molar-refractivity contribution is 14.0. The van der Waals surface area contributed by atoms with Gasteiger partial charge in [0.1, 0.15) is 5.82 Å². The van der Waals surface area contributed by atoms with Gasteiger partial charge in [-0.25, -0.2) is 4.39 Å². The van der Waals surface area contributed by atoms with Gasteiger partial charge >= 0.3 is 0 Å². The average Bonchev–Trinajstić information content (AvgIpc) is 2.49. The fraction of sp³-hybridized carbons (Fsp3) is 0.429. The second-order valence-corrected chi connectivity index (χ2v) is 4.25. The number of amides is 1. The number of carbonyl (C=O) groups excluding carboxylic acids is 1. The Balaban J connectivity index is 0.00000441. The first kappa shape index (κ1) is 20.6. The molecule has 0 atom stereocenters. The van der Waals surface area contributed by atoms with Crippen LogP contribution in [0.4, 0.5) is 4.39 Å². The highest BCUT2D eigenvalue weighted by Crippen LogP contribution is 2.01. The summed E-state index contributed by atoms with van der Waals surface area (Å²) in [5.74, 6) is 0.0898. The third-order valence-corrected chi connectivity index (χ3v) is 2.64. The standard InChI is InChI=1S/C14H21FN4O2.HI/c1-16-14(19-10-13(20)17-7-8-21-2)18-9-11-3-5-12(15)6-4-11;/h3-6H,7-10H2,1-2H3,(H,17,20)(H2,16,18,19);1H. The van der Waals surface area contributed by atoms with Crippen molar-refractivity contribution in [2.24, 2.45) is 4.99 Å². The van der Waals surface area contributed by atoms with Crippen molar-refractivity contribution in [3.05, 3.63) is 35.6 Å². The Morgan fingerprint density at radius 3 is 2.50 bits per heavy atom. The van der Waals surface area contributed by atoms with Gasteiger partial charge in [0, 0.05) is 27.2 Å². The lowest BCUT2D eigenvalue weighted by Crippen LogP contribution is -2.43. The maximum atomic E-state index is 12.8. The van der Waals surface area contributed by atoms with E-state index >= 15 is 0 Å². The molecule has 0 saturated carbocycles. The molecule has 1 aromatic carbocycles. The van der Waals surface area contributed by atoms with Gasteiger partial charge in [-0.3, -0.25) is 9.79 Å². The van der Waals surface area contributed by atoms with Crippen molar-refractivity contribution in [3.8, 4) is 0 Å². The van der Waals surface area contributed by atoms with E-state index in [1.165, 1.54) is 12.1 Å². The number of methoxy groups -OCH3 is 1. The number of aliphatic imine (C=N–C) groups is 1. The van der Waals surface area contributed by atoms with E-state index < -0.39 is 0 Å². The zero-order valence-corrected chi connectivity index (χ0v) is 15.0. The first-order chi connectivity index (χ1) is 10.2. The number of hydrogen-bond donors (Lipinski definition) is 3. The second-order valence-electron chi connectivity index (χ2n) is 4.25. The topological polar surface area (TPSA) is 74.8 Å². The Morgan fingerprint density at radius 1 is 1.23 bits per heavy atom. The second kappa shape index (κ2) is 12.2. The minimum absolute atomic E-state index is 0. The van der Waals surface area contributed by atoms with Crippen molar-refractivity contribution in [1.29, 1.82) is 0 Å². The smallest absolute Gasteiger partial charge is 0.239 e. The molecule has 124 valence electrons. The molecule has 0 heterocycles. The van der Waals surface area contributed by atoms with Gasteiger partial charge in [-0.05, 0) is 17.7 Å². The maximum absolute atomic E-state index is 12.8. The molecule has 0 aromatic heterocycles. The lowest BCUT2D eigenvalue weighted by atomic mass is 10.2. The van der Waals surface area contributed by atoms with Crippen molar-refractivity contribution in [3.63, 3.8) is 0 Å². The molecule has 0 saturated heterocycles. The quantitative estimate of drug-likeness (QED) is 0.263. The third-order valence-electron chi connectivity index (χ3n) is 2.64. The first-order valence-electron chi connectivity index (χ1n) is 6.60. The minimum atomic E-state index is -0.269. The van der Waals surface area contributed by atoms with Gasteiger partial charge < -0.3 is 20.7 Å². The summed E-state index contributed by atoms with van der Waals surface area (Å²) in [6.45, 7) is 1.56. The van der Waals surface area contributed by atoms with Crippen LogP contribution in [0, 0.1) is 5.82 Å². The summed E-state index contributed by atoms with van der Waals surface area (Å²) in [6.07, 6.45) is 0. The summed E-state index contributed by atoms with van der Waals surface area (Å²) in [4.78, 5) is 15.5. The number of halogens is 2. The van der Waals surface area contributed by atoms with Crippen molar-refractivity contribution in [2.75, 3.05) is 33.9 Å². The Hall–Kier alpha value is -1.42. The number of carbonyl (C=O) groups is 1. The lowest BCUT2D eigenvalue weighted by Gasteiger charge is -2.12. The number of nitrogens with one attached hydrogen (secondary N) is 3. The highest BCUT2D eigenvalue weighted by Gasteiger charge is 2.03. The number of benzene rings is 1. The molecule has 6 nitrogen and oxygen atoms in total. The Labute approximate surface area is 146 Å². The van der Waals surface area contributed by atoms with E-state index in [1.54, 1.807) is 26.3 Å². The van der Waals surface area contributed by atoms with E-state index in [9.17, 15) is 9.18 Å². The van der Waals surface area contributed by atoms with E-state index in [2.05, 4.69) is 20.9 Å². The molecule has 1 rings (SSSR count). The molecule has 3 N–H and O–H groups in total. The van der Waals surface area contributed by atoms with Crippen LogP contribution in [0.15, 0.2) is 29.3 Å². The molecular weight excluding hydrogens is 402 g/mol. The van der Waals surface area contributed by atoms with E-state index in [1.807, 2.05) is 0 Å². The predicted molar refractivity (Wildman–Crippen MR) is 94.9 cm³/mol. The Morgan fingerprint density at radius 2 is 1.91 bits per heavy atom. The summed E-state index contributed by atoms with van der Waals surface area (Å²) < 4.78 is 17.6. The molecule has 1 amide bonds. The van der Waals surface area contributed by atoms with Crippen molar-refractivity contribution in [2.45, 2.75) is 6.54 Å². The summed E-state index contributed by atoms with van der Waals surface area (Å²) in [5.41, 5.74) is 0.920.